The Balaban J connectivity index is 2.03. The van der Waals surface area contributed by atoms with Gasteiger partial charge in [-0.15, -0.1) is 0 Å². The van der Waals surface area contributed by atoms with E-state index in [0.717, 1.165) is 43.5 Å². The lowest BCUT2D eigenvalue weighted by atomic mass is 9.89. The van der Waals surface area contributed by atoms with Crippen LogP contribution in [0.25, 0.3) is 16.5 Å². The van der Waals surface area contributed by atoms with Crippen LogP contribution >= 0.6 is 15.9 Å². The molecule has 0 amide bonds. The molecule has 116 valence electrons. The van der Waals surface area contributed by atoms with Crippen LogP contribution in [-0.4, -0.2) is 16.7 Å². The van der Waals surface area contributed by atoms with Crippen molar-refractivity contribution in [2.24, 2.45) is 5.73 Å². The van der Waals surface area contributed by atoms with Crippen molar-refractivity contribution in [1.29, 1.82) is 0 Å². The largest absolute Gasteiger partial charge is 0.400 e. The number of nitrogens with one attached hydrogen (secondary N) is 2. The molecular formula is C17H14BrFN4. The minimum Gasteiger partial charge on any atom is -0.400 e. The van der Waals surface area contributed by atoms with Crippen LogP contribution in [0.1, 0.15) is 16.7 Å². The summed E-state index contributed by atoms with van der Waals surface area (Å²) in [5.41, 5.74) is 12.4. The maximum absolute atomic E-state index is 13.9. The number of halogens is 2. The van der Waals surface area contributed by atoms with Crippen LogP contribution in [0.3, 0.4) is 0 Å². The maximum Gasteiger partial charge on any atom is 0.148 e. The minimum atomic E-state index is -0.320. The van der Waals surface area contributed by atoms with Gasteiger partial charge in [0.25, 0.3) is 0 Å². The molecule has 4 rings (SSSR count). The third-order valence-electron chi connectivity index (χ3n) is 4.19. The molecule has 2 aromatic carbocycles. The highest BCUT2D eigenvalue weighted by molar-refractivity contribution is 9.10. The summed E-state index contributed by atoms with van der Waals surface area (Å²) in [5, 5.41) is 10.8. The van der Waals surface area contributed by atoms with Gasteiger partial charge in [0.2, 0.25) is 0 Å². The number of aromatic nitrogens is 2. The predicted molar refractivity (Wildman–Crippen MR) is 93.6 cm³/mol. The topological polar surface area (TPSA) is 66.7 Å². The Labute approximate surface area is 140 Å². The third-order valence-corrected chi connectivity index (χ3v) is 5.05. The molecular weight excluding hydrogens is 359 g/mol. The first-order chi connectivity index (χ1) is 11.1. The fraction of sp³-hybridized carbons (Fsp3) is 0.118. The third kappa shape index (κ3) is 2.13. The average Bonchev–Trinajstić information content (AvgIpc) is 3.01. The molecule has 0 unspecified atom stereocenters. The molecule has 4 nitrogen and oxygen atoms in total. The van der Waals surface area contributed by atoms with E-state index in [4.69, 9.17) is 5.73 Å². The molecule has 0 saturated carbocycles. The van der Waals surface area contributed by atoms with Gasteiger partial charge in [0.05, 0.1) is 12.7 Å². The highest BCUT2D eigenvalue weighted by Crippen LogP contribution is 2.39. The first kappa shape index (κ1) is 14.3. The van der Waals surface area contributed by atoms with Crippen LogP contribution in [0, 0.1) is 12.7 Å². The van der Waals surface area contributed by atoms with Crippen molar-refractivity contribution in [3.63, 3.8) is 0 Å². The van der Waals surface area contributed by atoms with Gasteiger partial charge in [0.15, 0.2) is 0 Å². The van der Waals surface area contributed by atoms with Gasteiger partial charge in [0.1, 0.15) is 11.3 Å². The Kier molecular flexibility index (Phi) is 3.16. The number of nitrogens with two attached hydrogens (primary N) is 1. The van der Waals surface area contributed by atoms with Crippen molar-refractivity contribution >= 4 is 38.1 Å². The second-order valence-electron chi connectivity index (χ2n) is 5.65. The summed E-state index contributed by atoms with van der Waals surface area (Å²) in [7, 11) is 0. The van der Waals surface area contributed by atoms with Crippen LogP contribution in [-0.2, 0) is 0 Å². The average molecular weight is 373 g/mol. The van der Waals surface area contributed by atoms with Gasteiger partial charge in [0, 0.05) is 32.4 Å². The Morgan fingerprint density at radius 3 is 2.91 bits per heavy atom. The van der Waals surface area contributed by atoms with Crippen molar-refractivity contribution in [3.8, 4) is 0 Å². The predicted octanol–water partition coefficient (Wildman–Crippen LogP) is 3.92. The molecule has 3 aromatic rings. The number of hydrogen-bond donors (Lipinski definition) is 3. The Morgan fingerprint density at radius 1 is 1.26 bits per heavy atom. The van der Waals surface area contributed by atoms with E-state index in [0.29, 0.717) is 12.1 Å². The van der Waals surface area contributed by atoms with Crippen LogP contribution < -0.4 is 11.1 Å². The normalized spacial score (nSPS) is 14.0. The number of fused-ring (bicyclic) bond motifs is 2. The second kappa shape index (κ2) is 5.09. The smallest absolute Gasteiger partial charge is 0.148 e. The number of H-pyrrole nitrogens is 1. The van der Waals surface area contributed by atoms with E-state index >= 15 is 0 Å². The van der Waals surface area contributed by atoms with Crippen molar-refractivity contribution in [2.75, 3.05) is 11.9 Å². The molecule has 1 aliphatic rings. The van der Waals surface area contributed by atoms with Gasteiger partial charge in [-0.25, -0.2) is 4.39 Å². The second-order valence-corrected chi connectivity index (χ2v) is 6.51. The molecule has 1 aromatic heterocycles. The lowest BCUT2D eigenvalue weighted by molar-refractivity contribution is 0.636. The molecule has 23 heavy (non-hydrogen) atoms. The lowest BCUT2D eigenvalue weighted by Gasteiger charge is -2.24. The maximum atomic E-state index is 13.9. The quantitative estimate of drug-likeness (QED) is 0.606. The fourth-order valence-corrected chi connectivity index (χ4v) is 3.37. The Bertz CT molecular complexity index is 974. The summed E-state index contributed by atoms with van der Waals surface area (Å²) in [6.07, 6.45) is 1.64. The summed E-state index contributed by atoms with van der Waals surface area (Å²) in [6, 6.07) is 7.34. The van der Waals surface area contributed by atoms with Crippen LogP contribution in [0.2, 0.25) is 0 Å². The zero-order valence-corrected chi connectivity index (χ0v) is 14.0. The Morgan fingerprint density at radius 2 is 2.09 bits per heavy atom. The number of anilines is 1. The molecule has 0 radical (unpaired) electrons. The number of rotatable bonds is 1. The molecule has 6 heteroatoms. The highest BCUT2D eigenvalue weighted by atomic mass is 79.9. The van der Waals surface area contributed by atoms with Gasteiger partial charge in [-0.1, -0.05) is 22.0 Å². The van der Waals surface area contributed by atoms with Crippen molar-refractivity contribution in [1.82, 2.24) is 10.2 Å². The molecule has 0 spiro atoms. The molecule has 4 N–H and O–H groups in total. The van der Waals surface area contributed by atoms with E-state index in [1.807, 2.05) is 13.0 Å². The van der Waals surface area contributed by atoms with Crippen LogP contribution in [0.5, 0.6) is 0 Å². The van der Waals surface area contributed by atoms with E-state index in [-0.39, 0.29) is 5.82 Å². The summed E-state index contributed by atoms with van der Waals surface area (Å²) in [4.78, 5) is 0. The van der Waals surface area contributed by atoms with Crippen LogP contribution in [0.4, 0.5) is 10.1 Å². The van der Waals surface area contributed by atoms with E-state index in [2.05, 4.69) is 37.5 Å². The van der Waals surface area contributed by atoms with Gasteiger partial charge in [-0.2, -0.15) is 5.10 Å². The molecule has 0 bridgehead atoms. The number of aromatic amines is 1. The number of hydrogen-bond acceptors (Lipinski definition) is 3. The summed E-state index contributed by atoms with van der Waals surface area (Å²) in [6.45, 7) is 2.60. The molecule has 0 saturated heterocycles. The number of aryl methyl sites for hydroxylation is 1. The minimum absolute atomic E-state index is 0.320. The van der Waals surface area contributed by atoms with Gasteiger partial charge >= 0.3 is 0 Å². The molecule has 0 aliphatic carbocycles. The van der Waals surface area contributed by atoms with E-state index in [1.165, 1.54) is 6.07 Å². The number of nitrogens with zero attached hydrogens (tertiary/aromatic N) is 1. The van der Waals surface area contributed by atoms with Crippen LogP contribution in [0.15, 0.2) is 40.6 Å². The summed E-state index contributed by atoms with van der Waals surface area (Å²) in [5.74, 6) is -0.320. The van der Waals surface area contributed by atoms with Gasteiger partial charge in [-0.3, -0.25) is 5.10 Å². The number of benzene rings is 2. The Hall–Kier alpha value is -2.34. The van der Waals surface area contributed by atoms with Crippen molar-refractivity contribution in [2.45, 2.75) is 6.92 Å². The van der Waals surface area contributed by atoms with E-state index in [1.54, 1.807) is 12.3 Å². The first-order valence-corrected chi connectivity index (χ1v) is 8.00. The summed E-state index contributed by atoms with van der Waals surface area (Å²) < 4.78 is 14.9. The van der Waals surface area contributed by atoms with Crippen molar-refractivity contribution in [3.05, 3.63) is 63.1 Å². The first-order valence-electron chi connectivity index (χ1n) is 7.21. The van der Waals surface area contributed by atoms with Crippen molar-refractivity contribution < 1.29 is 4.39 Å². The van der Waals surface area contributed by atoms with E-state index < -0.39 is 0 Å². The zero-order chi connectivity index (χ0) is 16.1. The van der Waals surface area contributed by atoms with Gasteiger partial charge in [-0.05, 0) is 36.2 Å². The monoisotopic (exact) mass is 372 g/mol. The fourth-order valence-electron chi connectivity index (χ4n) is 3.02. The SMILES string of the molecule is Cc1cc2c(cc1Br)C(c1ccc(F)c3[nH]ncc13)=C(N)CN2. The molecule has 2 heterocycles. The van der Waals surface area contributed by atoms with E-state index in [9.17, 15) is 4.39 Å². The highest BCUT2D eigenvalue weighted by Gasteiger charge is 2.22. The zero-order valence-electron chi connectivity index (χ0n) is 12.4. The lowest BCUT2D eigenvalue weighted by Crippen LogP contribution is -2.20. The molecule has 0 fully saturated rings. The molecule has 0 atom stereocenters. The summed E-state index contributed by atoms with van der Waals surface area (Å²) >= 11 is 3.58. The standard InChI is InChI=1S/C17H14BrFN4/c1-8-4-15-10(5-12(8)18)16(14(20)7-21-15)9-2-3-13(19)17-11(9)6-22-23-17/h2-6,21H,7,20H2,1H3,(H,22,23). The molecule has 1 aliphatic heterocycles. The van der Waals surface area contributed by atoms with Gasteiger partial charge < -0.3 is 11.1 Å².